The number of rotatable bonds is 5. The lowest BCUT2D eigenvalue weighted by Gasteiger charge is -2.05. The van der Waals surface area contributed by atoms with Gasteiger partial charge >= 0.3 is 0 Å². The van der Waals surface area contributed by atoms with Gasteiger partial charge < -0.3 is 9.84 Å². The number of hydrogen-bond donors (Lipinski definition) is 1. The lowest BCUT2D eigenvalue weighted by molar-refractivity contribution is 0.0947. The summed E-state index contributed by atoms with van der Waals surface area (Å²) in [6, 6.07) is 7.22. The van der Waals surface area contributed by atoms with Crippen molar-refractivity contribution in [2.24, 2.45) is 5.92 Å². The van der Waals surface area contributed by atoms with E-state index >= 15 is 0 Å². The van der Waals surface area contributed by atoms with Gasteiger partial charge in [-0.05, 0) is 37.0 Å². The molecule has 0 aliphatic rings. The quantitative estimate of drug-likeness (QED) is 0.915. The maximum absolute atomic E-state index is 12.1. The first-order valence-corrected chi connectivity index (χ1v) is 7.32. The van der Waals surface area contributed by atoms with Crippen molar-refractivity contribution >= 4 is 17.5 Å². The van der Waals surface area contributed by atoms with E-state index in [1.807, 2.05) is 19.1 Å². The molecule has 0 saturated carbocycles. The number of amides is 1. The fourth-order valence-electron chi connectivity index (χ4n) is 2.02. The normalized spacial score (nSPS) is 10.9. The van der Waals surface area contributed by atoms with E-state index in [2.05, 4.69) is 24.3 Å². The molecule has 5 heteroatoms. The molecule has 112 valence electrons. The lowest BCUT2D eigenvalue weighted by atomic mass is 10.1. The number of benzene rings is 1. The molecule has 0 aliphatic heterocycles. The Balaban J connectivity index is 1.96. The highest BCUT2D eigenvalue weighted by atomic mass is 35.5. The van der Waals surface area contributed by atoms with E-state index in [-0.39, 0.29) is 5.91 Å². The molecule has 1 N–H and O–H groups in total. The third kappa shape index (κ3) is 4.33. The van der Waals surface area contributed by atoms with E-state index in [1.165, 1.54) is 0 Å². The summed E-state index contributed by atoms with van der Waals surface area (Å²) in [4.78, 5) is 12.1. The Labute approximate surface area is 129 Å². The van der Waals surface area contributed by atoms with E-state index in [0.29, 0.717) is 28.8 Å². The molecule has 0 radical (unpaired) electrons. The molecule has 1 aromatic heterocycles. The van der Waals surface area contributed by atoms with E-state index in [1.54, 1.807) is 12.1 Å². The number of aryl methyl sites for hydroxylation is 1. The maximum atomic E-state index is 12.1. The van der Waals surface area contributed by atoms with Crippen molar-refractivity contribution in [3.63, 3.8) is 0 Å². The van der Waals surface area contributed by atoms with Crippen molar-refractivity contribution in [1.82, 2.24) is 10.5 Å². The minimum absolute atomic E-state index is 0.221. The van der Waals surface area contributed by atoms with Crippen molar-refractivity contribution in [1.29, 1.82) is 0 Å². The zero-order valence-corrected chi connectivity index (χ0v) is 13.2. The Hall–Kier alpha value is -1.81. The van der Waals surface area contributed by atoms with Gasteiger partial charge in [0.05, 0.1) is 22.8 Å². The second-order valence-electron chi connectivity index (χ2n) is 5.55. The molecule has 1 heterocycles. The zero-order valence-electron chi connectivity index (χ0n) is 12.4. The second kappa shape index (κ2) is 6.76. The average Bonchev–Trinajstić information content (AvgIpc) is 2.82. The molecule has 1 aromatic carbocycles. The first kappa shape index (κ1) is 15.6. The summed E-state index contributed by atoms with van der Waals surface area (Å²) >= 11 is 6.07. The molecule has 21 heavy (non-hydrogen) atoms. The van der Waals surface area contributed by atoms with Gasteiger partial charge in [-0.15, -0.1) is 0 Å². The number of carbonyl (C=O) groups is 1. The van der Waals surface area contributed by atoms with Crippen molar-refractivity contribution in [3.8, 4) is 0 Å². The molecule has 0 spiro atoms. The van der Waals surface area contributed by atoms with Crippen LogP contribution < -0.4 is 5.32 Å². The molecular formula is C16H19ClN2O2. The molecule has 4 nitrogen and oxygen atoms in total. The predicted molar refractivity (Wildman–Crippen MR) is 82.4 cm³/mol. The maximum Gasteiger partial charge on any atom is 0.253 e. The Kier molecular flexibility index (Phi) is 5.02. The number of hydrogen-bond acceptors (Lipinski definition) is 3. The van der Waals surface area contributed by atoms with Crippen molar-refractivity contribution < 1.29 is 9.32 Å². The van der Waals surface area contributed by atoms with Crippen LogP contribution in [-0.2, 0) is 13.0 Å². The largest absolute Gasteiger partial charge is 0.359 e. The van der Waals surface area contributed by atoms with Gasteiger partial charge in [0.15, 0.2) is 5.76 Å². The van der Waals surface area contributed by atoms with Gasteiger partial charge in [0.25, 0.3) is 5.91 Å². The number of nitrogens with one attached hydrogen (secondary N) is 1. The zero-order chi connectivity index (χ0) is 15.4. The third-order valence-electron chi connectivity index (χ3n) is 3.02. The topological polar surface area (TPSA) is 55.1 Å². The summed E-state index contributed by atoms with van der Waals surface area (Å²) in [6.45, 7) is 6.47. The first-order chi connectivity index (χ1) is 9.95. The summed E-state index contributed by atoms with van der Waals surface area (Å²) in [5, 5.41) is 7.22. The van der Waals surface area contributed by atoms with Crippen LogP contribution in [0.5, 0.6) is 0 Å². The molecule has 0 fully saturated rings. The number of aromatic nitrogens is 1. The molecule has 0 aliphatic carbocycles. The Morgan fingerprint density at radius 3 is 2.81 bits per heavy atom. The first-order valence-electron chi connectivity index (χ1n) is 6.94. The molecule has 0 bridgehead atoms. The van der Waals surface area contributed by atoms with Crippen LogP contribution in [0.1, 0.15) is 41.2 Å². The van der Waals surface area contributed by atoms with E-state index < -0.39 is 0 Å². The highest BCUT2D eigenvalue weighted by Crippen LogP contribution is 2.17. The molecule has 0 unspecified atom stereocenters. The number of halogens is 1. The highest BCUT2D eigenvalue weighted by Gasteiger charge is 2.12. The van der Waals surface area contributed by atoms with Crippen molar-refractivity contribution in [2.75, 3.05) is 0 Å². The van der Waals surface area contributed by atoms with Gasteiger partial charge in [-0.2, -0.15) is 0 Å². The monoisotopic (exact) mass is 306 g/mol. The molecule has 0 saturated heterocycles. The van der Waals surface area contributed by atoms with Gasteiger partial charge in [-0.25, -0.2) is 0 Å². The van der Waals surface area contributed by atoms with Gasteiger partial charge in [-0.1, -0.05) is 36.7 Å². The second-order valence-corrected chi connectivity index (χ2v) is 5.96. The Bertz CT molecular complexity index is 635. The van der Waals surface area contributed by atoms with Crippen molar-refractivity contribution in [3.05, 3.63) is 51.9 Å². The van der Waals surface area contributed by atoms with Crippen LogP contribution in [0, 0.1) is 12.8 Å². The molecule has 1 amide bonds. The standard InChI is InChI=1S/C16H19ClN2O2/c1-10(2)6-12-8-13(21-19-12)9-18-16(20)14-5-4-11(3)7-15(14)17/h4-5,7-8,10H,6,9H2,1-3H3,(H,18,20). The van der Waals surface area contributed by atoms with Gasteiger partial charge in [0.1, 0.15) is 0 Å². The minimum atomic E-state index is -0.221. The summed E-state index contributed by atoms with van der Waals surface area (Å²) in [7, 11) is 0. The van der Waals surface area contributed by atoms with E-state index in [4.69, 9.17) is 16.1 Å². The van der Waals surface area contributed by atoms with Gasteiger partial charge in [0.2, 0.25) is 0 Å². The summed E-state index contributed by atoms with van der Waals surface area (Å²) in [5.41, 5.74) is 2.39. The fourth-order valence-corrected chi connectivity index (χ4v) is 2.34. The predicted octanol–water partition coefficient (Wildman–Crippen LogP) is 3.76. The lowest BCUT2D eigenvalue weighted by Crippen LogP contribution is -2.22. The van der Waals surface area contributed by atoms with Gasteiger partial charge in [-0.3, -0.25) is 4.79 Å². The summed E-state index contributed by atoms with van der Waals surface area (Å²) < 4.78 is 5.20. The Morgan fingerprint density at radius 1 is 1.38 bits per heavy atom. The summed E-state index contributed by atoms with van der Waals surface area (Å²) in [5.74, 6) is 0.938. The van der Waals surface area contributed by atoms with Gasteiger partial charge in [0, 0.05) is 6.07 Å². The van der Waals surface area contributed by atoms with Crippen LogP contribution in [-0.4, -0.2) is 11.1 Å². The van der Waals surface area contributed by atoms with Crippen LogP contribution >= 0.6 is 11.6 Å². The molecule has 2 rings (SSSR count). The van der Waals surface area contributed by atoms with Crippen molar-refractivity contribution in [2.45, 2.75) is 33.7 Å². The average molecular weight is 307 g/mol. The smallest absolute Gasteiger partial charge is 0.253 e. The van der Waals surface area contributed by atoms with Crippen LogP contribution in [0.3, 0.4) is 0 Å². The molecule has 2 aromatic rings. The minimum Gasteiger partial charge on any atom is -0.359 e. The van der Waals surface area contributed by atoms with Crippen LogP contribution in [0.25, 0.3) is 0 Å². The SMILES string of the molecule is Cc1ccc(C(=O)NCc2cc(CC(C)C)no2)c(Cl)c1. The molecule has 0 atom stereocenters. The summed E-state index contributed by atoms with van der Waals surface area (Å²) in [6.07, 6.45) is 0.862. The van der Waals surface area contributed by atoms with E-state index in [9.17, 15) is 4.79 Å². The van der Waals surface area contributed by atoms with Crippen LogP contribution in [0.15, 0.2) is 28.8 Å². The van der Waals surface area contributed by atoms with Crippen LogP contribution in [0.2, 0.25) is 5.02 Å². The number of carbonyl (C=O) groups excluding carboxylic acids is 1. The molecular weight excluding hydrogens is 288 g/mol. The third-order valence-corrected chi connectivity index (χ3v) is 3.33. The Morgan fingerprint density at radius 2 is 2.14 bits per heavy atom. The number of nitrogens with zero attached hydrogens (tertiary/aromatic N) is 1. The highest BCUT2D eigenvalue weighted by molar-refractivity contribution is 6.33. The fraction of sp³-hybridized carbons (Fsp3) is 0.375. The van der Waals surface area contributed by atoms with Crippen LogP contribution in [0.4, 0.5) is 0 Å². The van der Waals surface area contributed by atoms with E-state index in [0.717, 1.165) is 17.7 Å².